The number of hydrogen-bond donors (Lipinski definition) is 0. The highest BCUT2D eigenvalue weighted by atomic mass is 16.5. The fourth-order valence-electron chi connectivity index (χ4n) is 10.8. The summed E-state index contributed by atoms with van der Waals surface area (Å²) in [5, 5.41) is 12.6. The monoisotopic (exact) mass is 1180 g/mol. The van der Waals surface area contributed by atoms with Gasteiger partial charge in [0.2, 0.25) is 0 Å². The van der Waals surface area contributed by atoms with Gasteiger partial charge in [-0.3, -0.25) is 0 Å². The quantitative estimate of drug-likeness (QED) is 0.0269. The summed E-state index contributed by atoms with van der Waals surface area (Å²) in [7, 11) is 0. The zero-order valence-corrected chi connectivity index (χ0v) is 53.6. The van der Waals surface area contributed by atoms with Crippen molar-refractivity contribution in [2.45, 2.75) is 172 Å². The number of unbranched alkanes of at least 4 members (excludes halogenated alkanes) is 5. The Morgan fingerprint density at radius 3 is 0.372 bits per heavy atom. The van der Waals surface area contributed by atoms with Crippen molar-refractivity contribution in [3.63, 3.8) is 0 Å². The van der Waals surface area contributed by atoms with Gasteiger partial charge >= 0.3 is 0 Å². The topological polar surface area (TPSA) is 111 Å². The molecule has 8 aromatic rings. The molecule has 0 atom stereocenters. The molecule has 0 unspecified atom stereocenters. The van der Waals surface area contributed by atoms with Crippen molar-refractivity contribution < 1.29 is 56.8 Å². The minimum Gasteiger partial charge on any atom is -0.490 e. The normalized spacial score (nSPS) is 11.5. The van der Waals surface area contributed by atoms with E-state index < -0.39 is 0 Å². The Balaban J connectivity index is 1.01. The highest BCUT2D eigenvalue weighted by Gasteiger charge is 2.23. The molecular formula is C74H98O12. The Kier molecular flexibility index (Phi) is 25.5. The summed E-state index contributed by atoms with van der Waals surface area (Å²) in [6.07, 6.45) is 14.9. The highest BCUT2D eigenvalue weighted by Crippen LogP contribution is 2.50. The third-order valence-electron chi connectivity index (χ3n) is 14.9. The molecule has 0 aliphatic rings. The van der Waals surface area contributed by atoms with E-state index in [9.17, 15) is 0 Å². The molecule has 0 saturated heterocycles. The molecule has 0 aromatic heterocycles. The molecular weight excluding hydrogens is 1080 g/mol. The van der Waals surface area contributed by atoms with Gasteiger partial charge in [0.15, 0.2) is 69.0 Å². The zero-order chi connectivity index (χ0) is 60.6. The van der Waals surface area contributed by atoms with Gasteiger partial charge in [0.25, 0.3) is 0 Å². The Labute approximate surface area is 512 Å². The Bertz CT molecular complexity index is 3130. The van der Waals surface area contributed by atoms with Crippen LogP contribution in [-0.4, -0.2) is 79.3 Å². The Morgan fingerprint density at radius 2 is 0.256 bits per heavy atom. The van der Waals surface area contributed by atoms with Gasteiger partial charge in [-0.15, -0.1) is 0 Å². The number of rotatable bonds is 41. The standard InChI is InChI=1S/C74H98O12/c1-11-27-75-63-39-51-53-41-65(77-29-13-3)69(81-33-17-7)45-57(53)61-49-73(71(83-35-19-9)47-59(61)55(51)43-67(63)79-31-15-5)85-37-25-23-21-22-24-26-38-86-74-50-62-58-46-70(82-34-18-8)66(78-30-14-4)42-54(58)52-40-64(76-28-12-2)68(80-32-16-6)44-56(52)60(62)48-72(74)84-36-20-10/h39-50H,11-38H2,1-10H3. The fourth-order valence-corrected chi connectivity index (χ4v) is 10.8. The Morgan fingerprint density at radius 1 is 0.151 bits per heavy atom. The molecule has 0 heterocycles. The molecule has 0 bridgehead atoms. The van der Waals surface area contributed by atoms with Crippen LogP contribution in [-0.2, 0) is 0 Å². The first-order chi connectivity index (χ1) is 42.3. The largest absolute Gasteiger partial charge is 0.490 e. The van der Waals surface area contributed by atoms with E-state index in [4.69, 9.17) is 56.8 Å². The maximum Gasteiger partial charge on any atom is 0.161 e. The van der Waals surface area contributed by atoms with E-state index >= 15 is 0 Å². The molecule has 0 N–H and O–H groups in total. The van der Waals surface area contributed by atoms with Gasteiger partial charge in [-0.25, -0.2) is 0 Å². The second-order valence-corrected chi connectivity index (χ2v) is 22.4. The molecule has 466 valence electrons. The molecule has 0 amide bonds. The molecule has 86 heavy (non-hydrogen) atoms. The van der Waals surface area contributed by atoms with Crippen LogP contribution in [0.5, 0.6) is 69.0 Å². The van der Waals surface area contributed by atoms with E-state index in [2.05, 4.69) is 142 Å². The molecule has 12 heteroatoms. The average molecular weight is 1180 g/mol. The molecule has 0 radical (unpaired) electrons. The first kappa shape index (κ1) is 64.9. The molecule has 0 aliphatic carbocycles. The Hall–Kier alpha value is -7.08. The van der Waals surface area contributed by atoms with Crippen molar-refractivity contribution in [2.24, 2.45) is 0 Å². The van der Waals surface area contributed by atoms with Crippen molar-refractivity contribution in [1.29, 1.82) is 0 Å². The molecule has 0 saturated carbocycles. The highest BCUT2D eigenvalue weighted by molar-refractivity contribution is 6.28. The lowest BCUT2D eigenvalue weighted by molar-refractivity contribution is 0.260. The van der Waals surface area contributed by atoms with Gasteiger partial charge in [-0.05, 0) is 214 Å². The van der Waals surface area contributed by atoms with E-state index in [1.807, 2.05) is 0 Å². The second-order valence-electron chi connectivity index (χ2n) is 22.4. The van der Waals surface area contributed by atoms with Crippen molar-refractivity contribution in [2.75, 3.05) is 79.3 Å². The van der Waals surface area contributed by atoms with Crippen molar-refractivity contribution in [3.8, 4) is 69.0 Å². The second kappa shape index (κ2) is 33.7. The van der Waals surface area contributed by atoms with Gasteiger partial charge in [-0.2, -0.15) is 0 Å². The molecule has 0 aliphatic heterocycles. The van der Waals surface area contributed by atoms with Crippen LogP contribution in [0.4, 0.5) is 0 Å². The lowest BCUT2D eigenvalue weighted by Gasteiger charge is -2.20. The van der Waals surface area contributed by atoms with E-state index in [1.54, 1.807) is 0 Å². The van der Waals surface area contributed by atoms with Crippen LogP contribution in [0, 0.1) is 0 Å². The van der Waals surface area contributed by atoms with Crippen LogP contribution >= 0.6 is 0 Å². The smallest absolute Gasteiger partial charge is 0.161 e. The van der Waals surface area contributed by atoms with Crippen molar-refractivity contribution >= 4 is 64.6 Å². The minimum absolute atomic E-state index is 0.572. The molecule has 8 aromatic carbocycles. The van der Waals surface area contributed by atoms with Gasteiger partial charge in [0.05, 0.1) is 79.3 Å². The van der Waals surface area contributed by atoms with E-state index in [0.717, 1.165) is 236 Å². The van der Waals surface area contributed by atoms with Crippen LogP contribution < -0.4 is 56.8 Å². The van der Waals surface area contributed by atoms with E-state index in [1.165, 1.54) is 0 Å². The van der Waals surface area contributed by atoms with Crippen LogP contribution in [0.2, 0.25) is 0 Å². The predicted molar refractivity (Wildman–Crippen MR) is 354 cm³/mol. The summed E-state index contributed by atoms with van der Waals surface area (Å²) >= 11 is 0. The third-order valence-corrected chi connectivity index (χ3v) is 14.9. The summed E-state index contributed by atoms with van der Waals surface area (Å²) < 4.78 is 77.6. The first-order valence-corrected chi connectivity index (χ1v) is 32.9. The van der Waals surface area contributed by atoms with Crippen LogP contribution in [0.1, 0.15) is 172 Å². The molecule has 0 spiro atoms. The SMILES string of the molecule is CCCOc1cc2c3cc(OCCC)c(OCCC)cc3c3cc(OCCCCCCCCOc4cc5c6cc(OCCC)c(OCCC)cc6c6cc(OCCC)c(OCCC)cc6c5cc4OCCC)c(OCCC)cc3c2cc1OCCC. The first-order valence-electron chi connectivity index (χ1n) is 32.9. The summed E-state index contributed by atoms with van der Waals surface area (Å²) in [6.45, 7) is 28.2. The van der Waals surface area contributed by atoms with Crippen LogP contribution in [0.15, 0.2) is 72.8 Å². The van der Waals surface area contributed by atoms with Gasteiger partial charge in [0.1, 0.15) is 0 Å². The van der Waals surface area contributed by atoms with Crippen molar-refractivity contribution in [3.05, 3.63) is 72.8 Å². The summed E-state index contributed by atoms with van der Waals surface area (Å²) in [4.78, 5) is 0. The summed E-state index contributed by atoms with van der Waals surface area (Å²) in [5.41, 5.74) is 0. The number of fused-ring (bicyclic) bond motifs is 12. The van der Waals surface area contributed by atoms with E-state index in [-0.39, 0.29) is 0 Å². The molecule has 8 rings (SSSR count). The summed E-state index contributed by atoms with van der Waals surface area (Å²) in [6, 6.07) is 25.8. The van der Waals surface area contributed by atoms with Gasteiger partial charge in [0, 0.05) is 0 Å². The number of benzene rings is 8. The average Bonchev–Trinajstić information content (AvgIpc) is 0.890. The lowest BCUT2D eigenvalue weighted by Crippen LogP contribution is -2.04. The third kappa shape index (κ3) is 16.1. The molecule has 12 nitrogen and oxygen atoms in total. The van der Waals surface area contributed by atoms with Crippen LogP contribution in [0.3, 0.4) is 0 Å². The van der Waals surface area contributed by atoms with Crippen molar-refractivity contribution in [1.82, 2.24) is 0 Å². The predicted octanol–water partition coefficient (Wildman–Crippen LogP) is 20.3. The van der Waals surface area contributed by atoms with Gasteiger partial charge < -0.3 is 56.8 Å². The van der Waals surface area contributed by atoms with Gasteiger partial charge in [-0.1, -0.05) is 94.9 Å². The maximum absolute atomic E-state index is 6.73. The van der Waals surface area contributed by atoms with Crippen LogP contribution in [0.25, 0.3) is 64.6 Å². The number of hydrogen-bond acceptors (Lipinski definition) is 12. The van der Waals surface area contributed by atoms with E-state index in [0.29, 0.717) is 79.3 Å². The fraction of sp³-hybridized carbons (Fsp3) is 0.514. The summed E-state index contributed by atoms with van der Waals surface area (Å²) in [5.74, 6) is 8.84. The minimum atomic E-state index is 0.572. The number of ether oxygens (including phenoxy) is 12. The molecule has 0 fully saturated rings. The zero-order valence-electron chi connectivity index (χ0n) is 53.6. The maximum atomic E-state index is 6.73. The lowest BCUT2D eigenvalue weighted by atomic mass is 9.93.